The topological polar surface area (TPSA) is 68.2 Å². The molecule has 3 aromatic rings. The van der Waals surface area contributed by atoms with Crippen LogP contribution in [0, 0.1) is 0 Å². The van der Waals surface area contributed by atoms with Crippen LogP contribution in [0.2, 0.25) is 5.02 Å². The molecule has 26 heavy (non-hydrogen) atoms. The van der Waals surface area contributed by atoms with E-state index in [2.05, 4.69) is 9.97 Å². The summed E-state index contributed by atoms with van der Waals surface area (Å²) in [6, 6.07) is 7.36. The van der Waals surface area contributed by atoms with Gasteiger partial charge in [-0.3, -0.25) is 4.79 Å². The van der Waals surface area contributed by atoms with E-state index in [1.165, 1.54) is 18.4 Å². The summed E-state index contributed by atoms with van der Waals surface area (Å²) in [5.74, 6) is 0.313. The van der Waals surface area contributed by atoms with Crippen LogP contribution < -0.4 is 4.90 Å². The normalized spacial score (nSPS) is 10.6. The van der Waals surface area contributed by atoms with Gasteiger partial charge in [-0.1, -0.05) is 23.7 Å². The maximum atomic E-state index is 11.8. The Morgan fingerprint density at radius 1 is 1.15 bits per heavy atom. The minimum absolute atomic E-state index is 0.156. The molecule has 0 saturated carbocycles. The Balaban J connectivity index is 2.02. The summed E-state index contributed by atoms with van der Waals surface area (Å²) in [5, 5.41) is 1.39. The van der Waals surface area contributed by atoms with Crippen molar-refractivity contribution in [1.29, 1.82) is 0 Å². The standard InChI is InChI=1S/C18H17ClN4O2S/c1-23(2)18-20-9-12(10-21-18)17-22-16(11-4-6-13(19)7-5-11)14(26-17)8-15(24)25-3/h4-7,9-10H,8H2,1-3H3. The van der Waals surface area contributed by atoms with Gasteiger partial charge in [-0.25, -0.2) is 15.0 Å². The minimum atomic E-state index is -0.311. The summed E-state index contributed by atoms with van der Waals surface area (Å²) in [6.07, 6.45) is 3.62. The first-order chi connectivity index (χ1) is 12.5. The van der Waals surface area contributed by atoms with Crippen molar-refractivity contribution in [2.45, 2.75) is 6.42 Å². The molecule has 0 bridgehead atoms. The van der Waals surface area contributed by atoms with E-state index in [-0.39, 0.29) is 12.4 Å². The average molecular weight is 389 g/mol. The molecule has 0 fully saturated rings. The molecule has 0 atom stereocenters. The molecule has 0 aliphatic heterocycles. The number of nitrogens with zero attached hydrogens (tertiary/aromatic N) is 4. The van der Waals surface area contributed by atoms with Gasteiger partial charge >= 0.3 is 5.97 Å². The van der Waals surface area contributed by atoms with E-state index < -0.39 is 0 Å². The van der Waals surface area contributed by atoms with Crippen molar-refractivity contribution in [3.63, 3.8) is 0 Å². The van der Waals surface area contributed by atoms with E-state index in [1.54, 1.807) is 24.5 Å². The van der Waals surface area contributed by atoms with Gasteiger partial charge in [0.15, 0.2) is 0 Å². The molecule has 1 aromatic carbocycles. The fourth-order valence-corrected chi connectivity index (χ4v) is 3.46. The number of hydrogen-bond donors (Lipinski definition) is 0. The lowest BCUT2D eigenvalue weighted by molar-refractivity contribution is -0.139. The fourth-order valence-electron chi connectivity index (χ4n) is 2.29. The molecule has 2 heterocycles. The van der Waals surface area contributed by atoms with Gasteiger partial charge < -0.3 is 9.64 Å². The van der Waals surface area contributed by atoms with Crippen molar-refractivity contribution in [2.24, 2.45) is 0 Å². The number of aromatic nitrogens is 3. The first-order valence-corrected chi connectivity index (χ1v) is 8.99. The number of ether oxygens (including phenoxy) is 1. The van der Waals surface area contributed by atoms with Gasteiger partial charge in [-0.05, 0) is 12.1 Å². The van der Waals surface area contributed by atoms with E-state index in [9.17, 15) is 4.79 Å². The van der Waals surface area contributed by atoms with Crippen molar-refractivity contribution < 1.29 is 9.53 Å². The molecular weight excluding hydrogens is 372 g/mol. The predicted octanol–water partition coefficient (Wildman–Crippen LogP) is 3.70. The SMILES string of the molecule is COC(=O)Cc1sc(-c2cnc(N(C)C)nc2)nc1-c1ccc(Cl)cc1. The quantitative estimate of drug-likeness (QED) is 0.621. The largest absolute Gasteiger partial charge is 0.469 e. The lowest BCUT2D eigenvalue weighted by Crippen LogP contribution is -2.12. The number of carbonyl (C=O) groups excluding carboxylic acids is 1. The molecule has 0 aliphatic carbocycles. The average Bonchev–Trinajstić information content (AvgIpc) is 3.06. The number of halogens is 1. The van der Waals surface area contributed by atoms with E-state index >= 15 is 0 Å². The van der Waals surface area contributed by atoms with Crippen molar-refractivity contribution >= 4 is 34.9 Å². The molecule has 0 saturated heterocycles. The number of hydrogen-bond acceptors (Lipinski definition) is 7. The van der Waals surface area contributed by atoms with Gasteiger partial charge in [-0.2, -0.15) is 0 Å². The third-order valence-electron chi connectivity index (χ3n) is 3.63. The second kappa shape index (κ2) is 7.80. The zero-order valence-corrected chi connectivity index (χ0v) is 16.1. The van der Waals surface area contributed by atoms with Crippen LogP contribution in [0.1, 0.15) is 4.88 Å². The molecule has 6 nitrogen and oxygen atoms in total. The van der Waals surface area contributed by atoms with Gasteiger partial charge in [0.25, 0.3) is 0 Å². The zero-order valence-electron chi connectivity index (χ0n) is 14.6. The van der Waals surface area contributed by atoms with Crippen LogP contribution in [0.3, 0.4) is 0 Å². The maximum absolute atomic E-state index is 11.8. The third kappa shape index (κ3) is 4.00. The highest BCUT2D eigenvalue weighted by molar-refractivity contribution is 7.15. The van der Waals surface area contributed by atoms with Gasteiger partial charge in [0.05, 0.1) is 19.2 Å². The molecular formula is C18H17ClN4O2S. The Morgan fingerprint density at radius 3 is 2.38 bits per heavy atom. The summed E-state index contributed by atoms with van der Waals surface area (Å²) in [6.45, 7) is 0. The van der Waals surface area contributed by atoms with Crippen LogP contribution in [0.25, 0.3) is 21.8 Å². The van der Waals surface area contributed by atoms with Crippen LogP contribution in [0.5, 0.6) is 0 Å². The number of carbonyl (C=O) groups is 1. The van der Waals surface area contributed by atoms with Crippen molar-refractivity contribution in [2.75, 3.05) is 26.1 Å². The van der Waals surface area contributed by atoms with Crippen molar-refractivity contribution in [1.82, 2.24) is 15.0 Å². The highest BCUT2D eigenvalue weighted by atomic mass is 35.5. The molecule has 3 rings (SSSR count). The molecule has 0 radical (unpaired) electrons. The number of rotatable bonds is 5. The smallest absolute Gasteiger partial charge is 0.310 e. The fraction of sp³-hybridized carbons (Fsp3) is 0.222. The predicted molar refractivity (Wildman–Crippen MR) is 104 cm³/mol. The van der Waals surface area contributed by atoms with E-state index in [0.29, 0.717) is 11.0 Å². The summed E-state index contributed by atoms with van der Waals surface area (Å²) >= 11 is 7.41. The van der Waals surface area contributed by atoms with Gasteiger partial charge in [0.2, 0.25) is 5.95 Å². The van der Waals surface area contributed by atoms with Gasteiger partial charge in [0.1, 0.15) is 5.01 Å². The summed E-state index contributed by atoms with van der Waals surface area (Å²) in [7, 11) is 5.14. The zero-order chi connectivity index (χ0) is 18.7. The number of thiazole rings is 1. The molecule has 0 unspecified atom stereocenters. The first kappa shape index (κ1) is 18.3. The number of methoxy groups -OCH3 is 1. The molecule has 0 N–H and O–H groups in total. The van der Waals surface area contributed by atoms with Crippen LogP contribution in [-0.2, 0) is 16.0 Å². The van der Waals surface area contributed by atoms with E-state index in [0.717, 1.165) is 26.7 Å². The monoisotopic (exact) mass is 388 g/mol. The Bertz CT molecular complexity index is 908. The van der Waals surface area contributed by atoms with Crippen LogP contribution >= 0.6 is 22.9 Å². The van der Waals surface area contributed by atoms with Crippen molar-refractivity contribution in [3.8, 4) is 21.8 Å². The number of esters is 1. The van der Waals surface area contributed by atoms with Crippen LogP contribution in [-0.4, -0.2) is 42.1 Å². The molecule has 134 valence electrons. The van der Waals surface area contributed by atoms with E-state index in [4.69, 9.17) is 21.3 Å². The second-order valence-corrected chi connectivity index (χ2v) is 7.24. The summed E-state index contributed by atoms with van der Waals surface area (Å²) in [5.41, 5.74) is 2.43. The van der Waals surface area contributed by atoms with Gasteiger partial charge in [-0.15, -0.1) is 11.3 Å². The van der Waals surface area contributed by atoms with Gasteiger partial charge in [0, 0.05) is 47.5 Å². The van der Waals surface area contributed by atoms with Crippen LogP contribution in [0.15, 0.2) is 36.7 Å². The highest BCUT2D eigenvalue weighted by Crippen LogP contribution is 2.34. The highest BCUT2D eigenvalue weighted by Gasteiger charge is 2.18. The molecule has 2 aromatic heterocycles. The second-order valence-electron chi connectivity index (χ2n) is 5.72. The van der Waals surface area contributed by atoms with Crippen LogP contribution in [0.4, 0.5) is 5.95 Å². The van der Waals surface area contributed by atoms with E-state index in [1.807, 2.05) is 31.1 Å². The summed E-state index contributed by atoms with van der Waals surface area (Å²) in [4.78, 5) is 27.8. The molecule has 0 spiro atoms. The molecule has 0 amide bonds. The number of anilines is 1. The number of benzene rings is 1. The minimum Gasteiger partial charge on any atom is -0.469 e. The maximum Gasteiger partial charge on any atom is 0.310 e. The third-order valence-corrected chi connectivity index (χ3v) is 4.99. The van der Waals surface area contributed by atoms with Crippen molar-refractivity contribution in [3.05, 3.63) is 46.6 Å². The Morgan fingerprint density at radius 2 is 1.81 bits per heavy atom. The summed E-state index contributed by atoms with van der Waals surface area (Å²) < 4.78 is 4.81. The Hall–Kier alpha value is -2.51. The Kier molecular flexibility index (Phi) is 5.49. The Labute approximate surface area is 160 Å². The lowest BCUT2D eigenvalue weighted by atomic mass is 10.1. The molecule has 0 aliphatic rings. The molecule has 8 heteroatoms. The first-order valence-electron chi connectivity index (χ1n) is 7.80. The lowest BCUT2D eigenvalue weighted by Gasteiger charge is -2.08.